The van der Waals surface area contributed by atoms with E-state index < -0.39 is 21.0 Å². The number of thiazole rings is 1. The molecule has 0 aliphatic carbocycles. The molecule has 0 saturated heterocycles. The number of nitrogens with zero attached hydrogens (tertiary/aromatic N) is 1. The number of carbonyl (C=O) groups is 1. The summed E-state index contributed by atoms with van der Waals surface area (Å²) < 4.78 is 23.5. The lowest BCUT2D eigenvalue weighted by Gasteiger charge is -2.10. The third-order valence-corrected chi connectivity index (χ3v) is 5.37. The highest BCUT2D eigenvalue weighted by molar-refractivity contribution is 7.92. The summed E-state index contributed by atoms with van der Waals surface area (Å²) in [6, 6.07) is 0. The zero-order chi connectivity index (χ0) is 14.6. The van der Waals surface area contributed by atoms with E-state index in [1.807, 2.05) is 19.2 Å². The lowest BCUT2D eigenvalue weighted by molar-refractivity contribution is -0.115. The van der Waals surface area contributed by atoms with Gasteiger partial charge in [-0.05, 0) is 12.8 Å². The van der Waals surface area contributed by atoms with Crippen molar-refractivity contribution in [2.75, 3.05) is 11.1 Å². The number of rotatable bonds is 6. The van der Waals surface area contributed by atoms with Gasteiger partial charge in [-0.1, -0.05) is 19.9 Å². The number of hydrogen-bond acceptors (Lipinski definition) is 5. The van der Waals surface area contributed by atoms with E-state index in [-0.39, 0.29) is 11.7 Å². The van der Waals surface area contributed by atoms with Gasteiger partial charge in [-0.3, -0.25) is 4.79 Å². The molecule has 0 radical (unpaired) electrons. The molecule has 1 aromatic rings. The molecule has 106 valence electrons. The van der Waals surface area contributed by atoms with Gasteiger partial charge in [-0.2, -0.15) is 0 Å². The van der Waals surface area contributed by atoms with Crippen molar-refractivity contribution >= 4 is 32.2 Å². The molecule has 1 heterocycles. The van der Waals surface area contributed by atoms with E-state index in [0.29, 0.717) is 5.13 Å². The van der Waals surface area contributed by atoms with E-state index in [2.05, 4.69) is 16.9 Å². The van der Waals surface area contributed by atoms with Gasteiger partial charge in [-0.25, -0.2) is 13.4 Å². The minimum absolute atomic E-state index is 0.212. The summed E-state index contributed by atoms with van der Waals surface area (Å²) in [7, 11) is -3.49. The summed E-state index contributed by atoms with van der Waals surface area (Å²) in [5.41, 5.74) is 0.877. The average Bonchev–Trinajstić information content (AvgIpc) is 2.76. The summed E-state index contributed by atoms with van der Waals surface area (Å²) in [4.78, 5) is 16.1. The summed E-state index contributed by atoms with van der Waals surface area (Å²) >= 11 is 1.29. The third kappa shape index (κ3) is 4.14. The molecule has 1 unspecified atom stereocenters. The molecule has 1 rings (SSSR count). The molecule has 1 N–H and O–H groups in total. The molecule has 7 heteroatoms. The van der Waals surface area contributed by atoms with Crippen LogP contribution in [-0.4, -0.2) is 30.3 Å². The Morgan fingerprint density at radius 2 is 2.16 bits per heavy atom. The quantitative estimate of drug-likeness (QED) is 0.817. The molecule has 1 aromatic heterocycles. The number of anilines is 1. The van der Waals surface area contributed by atoms with E-state index in [0.717, 1.165) is 5.69 Å². The first-order valence-electron chi connectivity index (χ1n) is 5.86. The molecular weight excluding hydrogens is 284 g/mol. The summed E-state index contributed by atoms with van der Waals surface area (Å²) in [5, 5.41) is 3.70. The van der Waals surface area contributed by atoms with Crippen molar-refractivity contribution in [1.29, 1.82) is 0 Å². The van der Waals surface area contributed by atoms with Crippen LogP contribution < -0.4 is 5.32 Å². The fourth-order valence-corrected chi connectivity index (χ4v) is 3.16. The van der Waals surface area contributed by atoms with Crippen molar-refractivity contribution < 1.29 is 13.2 Å². The van der Waals surface area contributed by atoms with Crippen LogP contribution >= 0.6 is 11.3 Å². The van der Waals surface area contributed by atoms with Crippen LogP contribution in [0.15, 0.2) is 18.0 Å². The van der Waals surface area contributed by atoms with Crippen molar-refractivity contribution in [3.63, 3.8) is 0 Å². The minimum Gasteiger partial charge on any atom is -0.301 e. The van der Waals surface area contributed by atoms with Crippen LogP contribution in [0, 0.1) is 0 Å². The number of carbonyl (C=O) groups excluding carboxylic acids is 1. The van der Waals surface area contributed by atoms with E-state index >= 15 is 0 Å². The topological polar surface area (TPSA) is 76.1 Å². The largest absolute Gasteiger partial charge is 0.301 e. The normalized spacial score (nSPS) is 13.3. The van der Waals surface area contributed by atoms with Crippen molar-refractivity contribution in [1.82, 2.24) is 4.98 Å². The third-order valence-electron chi connectivity index (χ3n) is 2.60. The zero-order valence-electron chi connectivity index (χ0n) is 11.2. The highest BCUT2D eigenvalue weighted by atomic mass is 32.2. The van der Waals surface area contributed by atoms with Crippen molar-refractivity contribution in [2.24, 2.45) is 0 Å². The average molecular weight is 302 g/mol. The first-order chi connectivity index (χ1) is 8.77. The van der Waals surface area contributed by atoms with Gasteiger partial charge in [-0.15, -0.1) is 17.9 Å². The Kier molecular flexibility index (Phi) is 5.25. The van der Waals surface area contributed by atoms with Crippen LogP contribution in [0.1, 0.15) is 32.4 Å². The summed E-state index contributed by atoms with van der Waals surface area (Å²) in [5.74, 6) is -0.508. The van der Waals surface area contributed by atoms with E-state index in [1.165, 1.54) is 24.3 Å². The van der Waals surface area contributed by atoms with Gasteiger partial charge in [0.15, 0.2) is 15.0 Å². The number of nitrogens with one attached hydrogen (secondary N) is 1. The zero-order valence-corrected chi connectivity index (χ0v) is 12.8. The first kappa shape index (κ1) is 15.8. The second-order valence-corrected chi connectivity index (χ2v) is 7.71. The molecule has 0 saturated carbocycles. The standard InChI is InChI=1S/C12H18N2O3S2/c1-5-6-19(16,17)9(4)11(15)14-12-13-10(7-18-12)8(2)3/h5,7-9H,1,6H2,2-4H3,(H,13,14,15). The summed E-state index contributed by atoms with van der Waals surface area (Å²) in [6.45, 7) is 8.74. The van der Waals surface area contributed by atoms with Crippen LogP contribution in [0.5, 0.6) is 0 Å². The Hall–Kier alpha value is -1.21. The molecule has 5 nitrogen and oxygen atoms in total. The van der Waals surface area contributed by atoms with Crippen LogP contribution in [-0.2, 0) is 14.6 Å². The highest BCUT2D eigenvalue weighted by Gasteiger charge is 2.27. The predicted octanol–water partition coefficient (Wildman–Crippen LogP) is 2.19. The van der Waals surface area contributed by atoms with Crippen LogP contribution in [0.2, 0.25) is 0 Å². The van der Waals surface area contributed by atoms with Crippen molar-refractivity contribution in [2.45, 2.75) is 31.9 Å². The minimum atomic E-state index is -3.49. The van der Waals surface area contributed by atoms with Crippen molar-refractivity contribution in [3.05, 3.63) is 23.7 Å². The van der Waals surface area contributed by atoms with Gasteiger partial charge in [0.2, 0.25) is 5.91 Å². The van der Waals surface area contributed by atoms with Crippen molar-refractivity contribution in [3.8, 4) is 0 Å². The number of amides is 1. The highest BCUT2D eigenvalue weighted by Crippen LogP contribution is 2.21. The second-order valence-electron chi connectivity index (χ2n) is 4.48. The molecule has 0 aliphatic heterocycles. The van der Waals surface area contributed by atoms with E-state index in [9.17, 15) is 13.2 Å². The Morgan fingerprint density at radius 3 is 2.63 bits per heavy atom. The Morgan fingerprint density at radius 1 is 1.53 bits per heavy atom. The molecule has 1 atom stereocenters. The smallest absolute Gasteiger partial charge is 0.244 e. The molecule has 0 bridgehead atoms. The fraction of sp³-hybridized carbons (Fsp3) is 0.500. The molecule has 0 spiro atoms. The molecule has 19 heavy (non-hydrogen) atoms. The Balaban J connectivity index is 2.76. The van der Waals surface area contributed by atoms with Gasteiger partial charge >= 0.3 is 0 Å². The monoisotopic (exact) mass is 302 g/mol. The molecule has 1 amide bonds. The lowest BCUT2D eigenvalue weighted by Crippen LogP contribution is -2.33. The number of sulfone groups is 1. The van der Waals surface area contributed by atoms with Gasteiger partial charge in [0.25, 0.3) is 0 Å². The first-order valence-corrected chi connectivity index (χ1v) is 8.46. The van der Waals surface area contributed by atoms with E-state index in [4.69, 9.17) is 0 Å². The maximum absolute atomic E-state index is 11.9. The summed E-state index contributed by atoms with van der Waals surface area (Å²) in [6.07, 6.45) is 1.28. The molecule has 0 aliphatic rings. The van der Waals surface area contributed by atoms with Crippen LogP contribution in [0.25, 0.3) is 0 Å². The molecule has 0 aromatic carbocycles. The van der Waals surface area contributed by atoms with Crippen LogP contribution in [0.4, 0.5) is 5.13 Å². The number of aromatic nitrogens is 1. The predicted molar refractivity (Wildman–Crippen MR) is 78.3 cm³/mol. The fourth-order valence-electron chi connectivity index (χ4n) is 1.29. The van der Waals surface area contributed by atoms with Gasteiger partial charge in [0, 0.05) is 5.38 Å². The Bertz CT molecular complexity index is 561. The van der Waals surface area contributed by atoms with E-state index in [1.54, 1.807) is 0 Å². The molecular formula is C12H18N2O3S2. The van der Waals surface area contributed by atoms with Crippen LogP contribution in [0.3, 0.4) is 0 Å². The number of hydrogen-bond donors (Lipinski definition) is 1. The maximum Gasteiger partial charge on any atom is 0.244 e. The Labute approximate surface area is 117 Å². The lowest BCUT2D eigenvalue weighted by atomic mass is 10.2. The SMILES string of the molecule is C=CCS(=O)(=O)C(C)C(=O)Nc1nc(C(C)C)cs1. The van der Waals surface area contributed by atoms with Gasteiger partial charge in [0.1, 0.15) is 5.25 Å². The second kappa shape index (κ2) is 6.29. The van der Waals surface area contributed by atoms with Gasteiger partial charge in [0.05, 0.1) is 11.4 Å². The maximum atomic E-state index is 11.9. The van der Waals surface area contributed by atoms with Gasteiger partial charge < -0.3 is 5.32 Å². The molecule has 0 fully saturated rings.